The van der Waals surface area contributed by atoms with Crippen molar-refractivity contribution in [1.29, 1.82) is 0 Å². The Morgan fingerprint density at radius 3 is 2.75 bits per heavy atom. The molecule has 32 heavy (non-hydrogen) atoms. The zero-order valence-corrected chi connectivity index (χ0v) is 17.6. The highest BCUT2D eigenvalue weighted by atomic mass is 19.3. The molecule has 0 radical (unpaired) electrons. The van der Waals surface area contributed by atoms with Crippen molar-refractivity contribution < 1.29 is 23.4 Å². The second kappa shape index (κ2) is 8.51. The van der Waals surface area contributed by atoms with Crippen LogP contribution in [0.1, 0.15) is 32.1 Å². The normalized spacial score (nSPS) is 20.5. The third kappa shape index (κ3) is 4.32. The highest BCUT2D eigenvalue weighted by molar-refractivity contribution is 5.79. The molecule has 0 bridgehead atoms. The first-order valence-corrected chi connectivity index (χ1v) is 10.2. The number of fused-ring (bicyclic) bond motifs is 1. The second-order valence-electron chi connectivity index (χ2n) is 7.93. The largest absolute Gasteiger partial charge is 0.390 e. The van der Waals surface area contributed by atoms with Crippen molar-refractivity contribution >= 4 is 28.6 Å². The molecule has 3 aromatic heterocycles. The van der Waals surface area contributed by atoms with E-state index >= 15 is 0 Å². The Bertz CT molecular complexity index is 1100. The summed E-state index contributed by atoms with van der Waals surface area (Å²) in [5.41, 5.74) is 0.764. The minimum absolute atomic E-state index is 0.0128. The van der Waals surface area contributed by atoms with E-state index in [2.05, 4.69) is 25.3 Å². The summed E-state index contributed by atoms with van der Waals surface area (Å²) in [5.74, 6) is -1.91. The number of alkyl halides is 3. The number of rotatable bonds is 6. The summed E-state index contributed by atoms with van der Waals surface area (Å²) in [6.07, 6.45) is 0.839. The number of piperidine rings is 1. The lowest BCUT2D eigenvalue weighted by molar-refractivity contribution is -0.0263. The summed E-state index contributed by atoms with van der Waals surface area (Å²) in [5, 5.41) is 22.2. The fraction of sp³-hybridized carbons (Fsp3) is 0.500. The number of halogens is 3. The van der Waals surface area contributed by atoms with E-state index in [0.29, 0.717) is 35.2 Å². The molecule has 0 aliphatic carbocycles. The van der Waals surface area contributed by atoms with E-state index in [1.807, 2.05) is 0 Å². The first kappa shape index (κ1) is 22.2. The predicted octanol–water partition coefficient (Wildman–Crippen LogP) is 2.58. The van der Waals surface area contributed by atoms with Crippen molar-refractivity contribution in [3.8, 4) is 0 Å². The highest BCUT2D eigenvalue weighted by Gasteiger charge is 2.34. The Kier molecular flexibility index (Phi) is 5.91. The maximum Gasteiger partial charge on any atom is 0.265 e. The van der Waals surface area contributed by atoms with E-state index in [9.17, 15) is 23.4 Å². The topological polar surface area (TPSA) is 112 Å². The van der Waals surface area contributed by atoms with Crippen molar-refractivity contribution in [3.63, 3.8) is 0 Å². The molecule has 1 saturated heterocycles. The van der Waals surface area contributed by atoms with Crippen LogP contribution in [0.2, 0.25) is 0 Å². The number of nitrogens with zero attached hydrogens (tertiary/aromatic N) is 6. The summed E-state index contributed by atoms with van der Waals surface area (Å²) >= 11 is 0. The van der Waals surface area contributed by atoms with Gasteiger partial charge in [0.2, 0.25) is 5.95 Å². The molecule has 3 atom stereocenters. The molecule has 9 nitrogen and oxygen atoms in total. The molecule has 12 heteroatoms. The van der Waals surface area contributed by atoms with Crippen LogP contribution >= 0.6 is 0 Å². The van der Waals surface area contributed by atoms with Gasteiger partial charge in [-0.1, -0.05) is 0 Å². The number of hydrogen-bond acceptors (Lipinski definition) is 8. The Morgan fingerprint density at radius 2 is 2.06 bits per heavy atom. The van der Waals surface area contributed by atoms with Crippen LogP contribution in [0, 0.1) is 0 Å². The third-order valence-electron chi connectivity index (χ3n) is 5.60. The van der Waals surface area contributed by atoms with Gasteiger partial charge < -0.3 is 25.0 Å². The van der Waals surface area contributed by atoms with Crippen LogP contribution in [0.3, 0.4) is 0 Å². The van der Waals surface area contributed by atoms with Crippen LogP contribution in [0.4, 0.5) is 30.8 Å². The fourth-order valence-electron chi connectivity index (χ4n) is 3.66. The molecule has 0 spiro atoms. The Balaban J connectivity index is 1.63. The minimum Gasteiger partial charge on any atom is -0.390 e. The molecular weight excluding hydrogens is 427 g/mol. The molecule has 1 fully saturated rings. The van der Waals surface area contributed by atoms with Gasteiger partial charge in [0.15, 0.2) is 0 Å². The van der Waals surface area contributed by atoms with E-state index in [1.54, 1.807) is 17.0 Å². The number of pyridine rings is 1. The van der Waals surface area contributed by atoms with E-state index in [4.69, 9.17) is 0 Å². The fourth-order valence-corrected chi connectivity index (χ4v) is 3.66. The number of nitrogens with one attached hydrogen (secondary N) is 1. The maximum absolute atomic E-state index is 14.0. The molecule has 0 unspecified atom stereocenters. The molecule has 3 N–H and O–H groups in total. The molecule has 0 saturated carbocycles. The van der Waals surface area contributed by atoms with Gasteiger partial charge in [-0.25, -0.2) is 28.1 Å². The molecule has 3 aromatic rings. The van der Waals surface area contributed by atoms with Gasteiger partial charge in [-0.3, -0.25) is 0 Å². The quantitative estimate of drug-likeness (QED) is 0.524. The monoisotopic (exact) mass is 451 g/mol. The Labute approximate surface area is 182 Å². The van der Waals surface area contributed by atoms with Gasteiger partial charge in [-0.2, -0.15) is 4.98 Å². The minimum atomic E-state index is -3.04. The van der Waals surface area contributed by atoms with Crippen molar-refractivity contribution in [2.24, 2.45) is 0 Å². The average Bonchev–Trinajstić information content (AvgIpc) is 3.12. The van der Waals surface area contributed by atoms with Crippen LogP contribution in [0.15, 0.2) is 24.5 Å². The molecule has 0 amide bonds. The average molecular weight is 451 g/mol. The van der Waals surface area contributed by atoms with Crippen molar-refractivity contribution in [2.75, 3.05) is 23.3 Å². The smallest absolute Gasteiger partial charge is 0.265 e. The summed E-state index contributed by atoms with van der Waals surface area (Å²) in [6.45, 7) is 2.09. The third-order valence-corrected chi connectivity index (χ3v) is 5.60. The van der Waals surface area contributed by atoms with Crippen molar-refractivity contribution in [1.82, 2.24) is 24.5 Å². The van der Waals surface area contributed by atoms with E-state index < -0.39 is 30.8 Å². The van der Waals surface area contributed by atoms with E-state index in [1.165, 1.54) is 23.9 Å². The highest BCUT2D eigenvalue weighted by Crippen LogP contribution is 2.33. The first-order chi connectivity index (χ1) is 15.2. The van der Waals surface area contributed by atoms with Crippen molar-refractivity contribution in [2.45, 2.75) is 51.1 Å². The zero-order chi connectivity index (χ0) is 23.0. The lowest BCUT2D eigenvalue weighted by atomic mass is 10.1. The van der Waals surface area contributed by atoms with Gasteiger partial charge >= 0.3 is 0 Å². The van der Waals surface area contributed by atoms with Crippen LogP contribution in [-0.4, -0.2) is 66.0 Å². The van der Waals surface area contributed by atoms with Gasteiger partial charge in [-0.15, -0.1) is 0 Å². The van der Waals surface area contributed by atoms with Gasteiger partial charge in [0, 0.05) is 25.7 Å². The molecule has 1 aliphatic rings. The van der Waals surface area contributed by atoms with Gasteiger partial charge in [0.05, 0.1) is 30.4 Å². The number of aliphatic hydroxyl groups is 2. The first-order valence-electron chi connectivity index (χ1n) is 10.2. The molecule has 4 heterocycles. The van der Waals surface area contributed by atoms with Crippen LogP contribution in [0.25, 0.3) is 11.0 Å². The molecule has 1 aliphatic heterocycles. The van der Waals surface area contributed by atoms with E-state index in [-0.39, 0.29) is 18.8 Å². The molecule has 172 valence electrons. The standard InChI is InChI=1S/C20H24F3N7O2/c1-11(20(2,22)23)30-14-7-17(25-8-13(14)26-18(30)10-31)27-16-3-5-24-19(28-16)29-6-4-15(32)12(21)9-29/h3,5,7-8,11-12,15,31-32H,4,6,9-10H2,1-2H3,(H,24,25,27,28)/t11-,12+,15-/m0/s1. The van der Waals surface area contributed by atoms with Crippen LogP contribution in [-0.2, 0) is 6.61 Å². The number of hydrogen-bond donors (Lipinski definition) is 3. The zero-order valence-electron chi connectivity index (χ0n) is 17.6. The molecule has 0 aromatic carbocycles. The van der Waals surface area contributed by atoms with E-state index in [0.717, 1.165) is 6.92 Å². The summed E-state index contributed by atoms with van der Waals surface area (Å²) in [6, 6.07) is 1.92. The molecule has 4 rings (SSSR count). The Hall–Kier alpha value is -2.99. The predicted molar refractivity (Wildman–Crippen MR) is 112 cm³/mol. The number of anilines is 3. The lowest BCUT2D eigenvalue weighted by Crippen LogP contribution is -2.45. The second-order valence-corrected chi connectivity index (χ2v) is 7.93. The van der Waals surface area contributed by atoms with Crippen LogP contribution < -0.4 is 10.2 Å². The summed E-state index contributed by atoms with van der Waals surface area (Å²) < 4.78 is 43.2. The lowest BCUT2D eigenvalue weighted by Gasteiger charge is -2.32. The van der Waals surface area contributed by atoms with Gasteiger partial charge in [-0.05, 0) is 19.4 Å². The molecular formula is C20H24F3N7O2. The summed E-state index contributed by atoms with van der Waals surface area (Å²) in [7, 11) is 0. The Morgan fingerprint density at radius 1 is 1.28 bits per heavy atom. The summed E-state index contributed by atoms with van der Waals surface area (Å²) in [4.78, 5) is 18.7. The number of imidazole rings is 1. The maximum atomic E-state index is 14.0. The van der Waals surface area contributed by atoms with Crippen LogP contribution in [0.5, 0.6) is 0 Å². The number of aromatic nitrogens is 5. The van der Waals surface area contributed by atoms with Gasteiger partial charge in [0.1, 0.15) is 35.8 Å². The van der Waals surface area contributed by atoms with Crippen molar-refractivity contribution in [3.05, 3.63) is 30.4 Å². The SMILES string of the molecule is C[C@H](n1c(CO)nc2cnc(Nc3ccnc(N4CC[C@H](O)[C@H](F)C4)n3)cc21)C(C)(F)F. The van der Waals surface area contributed by atoms with Gasteiger partial charge in [0.25, 0.3) is 5.92 Å². The number of aliphatic hydroxyl groups excluding tert-OH is 2.